The second-order valence-electron chi connectivity index (χ2n) is 8.45. The second-order valence-corrected chi connectivity index (χ2v) is 8.45. The Balaban J connectivity index is 1.22. The molecular formula is C22H27F2N5O2. The Morgan fingerprint density at radius 1 is 1.13 bits per heavy atom. The fourth-order valence-electron chi connectivity index (χ4n) is 4.63. The summed E-state index contributed by atoms with van der Waals surface area (Å²) in [5, 5.41) is 0. The highest BCUT2D eigenvalue weighted by atomic mass is 19.2. The Morgan fingerprint density at radius 2 is 1.90 bits per heavy atom. The number of fused-ring (bicyclic) bond motifs is 1. The number of imidazole rings is 1. The van der Waals surface area contributed by atoms with E-state index in [2.05, 4.69) is 26.4 Å². The van der Waals surface area contributed by atoms with Crippen molar-refractivity contribution in [2.45, 2.75) is 32.4 Å². The molecule has 0 radical (unpaired) electrons. The van der Waals surface area contributed by atoms with Gasteiger partial charge in [-0.3, -0.25) is 4.90 Å². The molecule has 2 saturated heterocycles. The quantitative estimate of drug-likeness (QED) is 0.615. The summed E-state index contributed by atoms with van der Waals surface area (Å²) in [7, 11) is 0. The molecule has 7 nitrogen and oxygen atoms in total. The predicted octanol–water partition coefficient (Wildman–Crippen LogP) is 3.61. The minimum atomic E-state index is -0.984. The Hall–Kier alpha value is -2.52. The normalized spacial score (nSPS) is 19.9. The van der Waals surface area contributed by atoms with Crippen molar-refractivity contribution in [3.05, 3.63) is 42.0 Å². The lowest BCUT2D eigenvalue weighted by atomic mass is 9.92. The molecule has 31 heavy (non-hydrogen) atoms. The smallest absolute Gasteiger partial charge is 0.298 e. The van der Waals surface area contributed by atoms with E-state index in [1.54, 1.807) is 0 Å². The van der Waals surface area contributed by atoms with Gasteiger partial charge >= 0.3 is 0 Å². The number of ether oxygens (including phenoxy) is 1. The van der Waals surface area contributed by atoms with Crippen molar-refractivity contribution in [2.75, 3.05) is 44.3 Å². The molecule has 5 rings (SSSR count). The molecule has 2 aromatic heterocycles. The number of hydrogen-bond acceptors (Lipinski definition) is 6. The van der Waals surface area contributed by atoms with Crippen LogP contribution in [0.25, 0.3) is 11.1 Å². The number of piperazine rings is 1. The van der Waals surface area contributed by atoms with Gasteiger partial charge in [-0.25, -0.2) is 9.37 Å². The van der Waals surface area contributed by atoms with E-state index >= 15 is 0 Å². The van der Waals surface area contributed by atoms with Gasteiger partial charge in [-0.1, -0.05) is 0 Å². The molecule has 1 atom stereocenters. The van der Waals surface area contributed by atoms with Crippen LogP contribution in [0, 0.1) is 17.6 Å². The van der Waals surface area contributed by atoms with Crippen molar-refractivity contribution in [3.63, 3.8) is 0 Å². The van der Waals surface area contributed by atoms with Crippen molar-refractivity contribution in [2.24, 2.45) is 5.92 Å². The summed E-state index contributed by atoms with van der Waals surface area (Å²) in [6.07, 6.45) is 6.08. The van der Waals surface area contributed by atoms with Crippen LogP contribution in [0.15, 0.2) is 29.1 Å². The van der Waals surface area contributed by atoms with Gasteiger partial charge in [0.15, 0.2) is 11.4 Å². The molecule has 1 unspecified atom stereocenters. The molecule has 0 spiro atoms. The van der Waals surface area contributed by atoms with Gasteiger partial charge in [-0.2, -0.15) is 9.37 Å². The summed E-state index contributed by atoms with van der Waals surface area (Å²) in [5.74, 6) is -1.30. The third kappa shape index (κ3) is 4.04. The van der Waals surface area contributed by atoms with E-state index in [4.69, 9.17) is 9.15 Å². The zero-order chi connectivity index (χ0) is 21.4. The van der Waals surface area contributed by atoms with Gasteiger partial charge in [0.1, 0.15) is 5.52 Å². The van der Waals surface area contributed by atoms with Crippen LogP contribution >= 0.6 is 0 Å². The number of hydrogen-bond donors (Lipinski definition) is 0. The molecule has 2 aliphatic rings. The number of oxazole rings is 1. The number of halogens is 2. The minimum absolute atomic E-state index is 0.122. The summed E-state index contributed by atoms with van der Waals surface area (Å²) in [6.45, 7) is 7.85. The standard InChI is InChI=1S/C22H27F2N5O2/c1-15(16-4-10-30-11-5-16)29-14-25-12-17(29)13-27-6-8-28(9-7-27)22-26-19-3-2-18(23)20(24)21(19)31-22/h2-3,12,14-16H,4-11,13H2,1H3. The van der Waals surface area contributed by atoms with Crippen molar-refractivity contribution < 1.29 is 17.9 Å². The van der Waals surface area contributed by atoms with Crippen LogP contribution in [-0.4, -0.2) is 58.8 Å². The van der Waals surface area contributed by atoms with E-state index in [9.17, 15) is 8.78 Å². The van der Waals surface area contributed by atoms with Crippen LogP contribution in [-0.2, 0) is 11.3 Å². The van der Waals surface area contributed by atoms with Gasteiger partial charge in [0.25, 0.3) is 6.01 Å². The van der Waals surface area contributed by atoms with Crippen molar-refractivity contribution in [3.8, 4) is 0 Å². The monoisotopic (exact) mass is 431 g/mol. The van der Waals surface area contributed by atoms with Crippen LogP contribution in [0.3, 0.4) is 0 Å². The van der Waals surface area contributed by atoms with Gasteiger partial charge < -0.3 is 18.6 Å². The summed E-state index contributed by atoms with van der Waals surface area (Å²) in [4.78, 5) is 13.1. The average molecular weight is 431 g/mol. The van der Waals surface area contributed by atoms with Gasteiger partial charge in [0.05, 0.1) is 12.0 Å². The maximum absolute atomic E-state index is 13.9. The van der Waals surface area contributed by atoms with E-state index in [0.29, 0.717) is 36.6 Å². The number of nitrogens with zero attached hydrogens (tertiary/aromatic N) is 5. The molecule has 4 heterocycles. The Bertz CT molecular complexity index is 1040. The Morgan fingerprint density at radius 3 is 2.68 bits per heavy atom. The molecule has 0 saturated carbocycles. The summed E-state index contributed by atoms with van der Waals surface area (Å²) >= 11 is 0. The molecule has 166 valence electrons. The summed E-state index contributed by atoms with van der Waals surface area (Å²) < 4.78 is 40.7. The van der Waals surface area contributed by atoms with Crippen molar-refractivity contribution in [1.82, 2.24) is 19.4 Å². The lowest BCUT2D eigenvalue weighted by Crippen LogP contribution is -2.46. The number of rotatable bonds is 5. The first kappa shape index (κ1) is 20.4. The van der Waals surface area contributed by atoms with Crippen LogP contribution in [0.2, 0.25) is 0 Å². The fraction of sp³-hybridized carbons (Fsp3) is 0.545. The molecule has 0 bridgehead atoms. The second kappa shape index (κ2) is 8.55. The molecule has 3 aromatic rings. The predicted molar refractivity (Wildman–Crippen MR) is 112 cm³/mol. The molecule has 0 aliphatic carbocycles. The van der Waals surface area contributed by atoms with Crippen LogP contribution in [0.1, 0.15) is 31.5 Å². The summed E-state index contributed by atoms with van der Waals surface area (Å²) in [5.41, 5.74) is 1.43. The van der Waals surface area contributed by atoms with Gasteiger partial charge in [0.2, 0.25) is 5.82 Å². The van der Waals surface area contributed by atoms with Crippen LogP contribution in [0.5, 0.6) is 0 Å². The van der Waals surface area contributed by atoms with Gasteiger partial charge in [-0.15, -0.1) is 0 Å². The zero-order valence-corrected chi connectivity index (χ0v) is 17.6. The van der Waals surface area contributed by atoms with E-state index in [1.165, 1.54) is 11.8 Å². The molecule has 2 fully saturated rings. The maximum atomic E-state index is 13.9. The molecule has 2 aliphatic heterocycles. The first-order valence-electron chi connectivity index (χ1n) is 10.9. The molecule has 1 aromatic carbocycles. The number of benzene rings is 1. The average Bonchev–Trinajstić information content (AvgIpc) is 3.44. The topological polar surface area (TPSA) is 59.6 Å². The van der Waals surface area contributed by atoms with E-state index < -0.39 is 11.6 Å². The lowest BCUT2D eigenvalue weighted by molar-refractivity contribution is 0.0506. The third-order valence-corrected chi connectivity index (χ3v) is 6.60. The first-order chi connectivity index (χ1) is 15.1. The van der Waals surface area contributed by atoms with E-state index in [0.717, 1.165) is 51.8 Å². The third-order valence-electron chi connectivity index (χ3n) is 6.60. The Kier molecular flexibility index (Phi) is 5.62. The maximum Gasteiger partial charge on any atom is 0.298 e. The minimum Gasteiger partial charge on any atom is -0.420 e. The van der Waals surface area contributed by atoms with E-state index in [-0.39, 0.29) is 5.58 Å². The van der Waals surface area contributed by atoms with Crippen LogP contribution in [0.4, 0.5) is 14.8 Å². The van der Waals surface area contributed by atoms with Gasteiger partial charge in [0, 0.05) is 58.2 Å². The van der Waals surface area contributed by atoms with Crippen molar-refractivity contribution in [1.29, 1.82) is 0 Å². The highest BCUT2D eigenvalue weighted by Gasteiger charge is 2.26. The fourth-order valence-corrected chi connectivity index (χ4v) is 4.63. The molecule has 0 N–H and O–H groups in total. The Labute approximate surface area is 179 Å². The molecule has 0 amide bonds. The molecule has 9 heteroatoms. The lowest BCUT2D eigenvalue weighted by Gasteiger charge is -2.35. The number of aromatic nitrogens is 3. The molecular weight excluding hydrogens is 404 g/mol. The van der Waals surface area contributed by atoms with Crippen LogP contribution < -0.4 is 4.90 Å². The van der Waals surface area contributed by atoms with E-state index in [1.807, 2.05) is 17.4 Å². The largest absolute Gasteiger partial charge is 0.420 e. The highest BCUT2D eigenvalue weighted by Crippen LogP contribution is 2.29. The SMILES string of the molecule is CC(C1CCOCC1)n1cncc1CN1CCN(c2nc3ccc(F)c(F)c3o2)CC1. The van der Waals surface area contributed by atoms with Crippen molar-refractivity contribution >= 4 is 17.1 Å². The summed E-state index contributed by atoms with van der Waals surface area (Å²) in [6, 6.07) is 3.26. The highest BCUT2D eigenvalue weighted by molar-refractivity contribution is 5.75. The number of anilines is 1. The first-order valence-corrected chi connectivity index (χ1v) is 10.9. The van der Waals surface area contributed by atoms with Gasteiger partial charge in [-0.05, 0) is 37.8 Å². The zero-order valence-electron chi connectivity index (χ0n) is 17.6.